The molecule has 24 heavy (non-hydrogen) atoms. The number of aliphatic hydroxyl groups is 1. The van der Waals surface area contributed by atoms with Crippen molar-refractivity contribution < 1.29 is 9.63 Å². The zero-order valence-corrected chi connectivity index (χ0v) is 13.8. The molecule has 0 bridgehead atoms. The first-order valence-corrected chi connectivity index (χ1v) is 8.53. The van der Waals surface area contributed by atoms with Gasteiger partial charge in [-0.2, -0.15) is 0 Å². The van der Waals surface area contributed by atoms with Crippen LogP contribution in [0.5, 0.6) is 0 Å². The summed E-state index contributed by atoms with van der Waals surface area (Å²) >= 11 is 0. The maximum absolute atomic E-state index is 9.22. The molecule has 3 aromatic rings. The molecule has 1 aromatic heterocycles. The van der Waals surface area contributed by atoms with Crippen molar-refractivity contribution in [2.75, 3.05) is 6.61 Å². The number of hydrogen-bond donors (Lipinski definition) is 1. The Balaban J connectivity index is 1.60. The van der Waals surface area contributed by atoms with E-state index in [1.54, 1.807) is 0 Å². The Kier molecular flexibility index (Phi) is 3.95. The van der Waals surface area contributed by atoms with Crippen LogP contribution in [0.3, 0.4) is 0 Å². The summed E-state index contributed by atoms with van der Waals surface area (Å²) in [6, 6.07) is 17.3. The summed E-state index contributed by atoms with van der Waals surface area (Å²) in [7, 11) is 0. The van der Waals surface area contributed by atoms with Crippen molar-refractivity contribution in [3.8, 4) is 22.5 Å². The van der Waals surface area contributed by atoms with E-state index in [0.717, 1.165) is 28.5 Å². The van der Waals surface area contributed by atoms with Crippen LogP contribution in [0, 0.1) is 6.92 Å². The molecule has 122 valence electrons. The second-order valence-electron chi connectivity index (χ2n) is 6.52. The molecule has 4 rings (SSSR count). The normalized spacial score (nSPS) is 14.1. The van der Waals surface area contributed by atoms with Gasteiger partial charge in [-0.15, -0.1) is 0 Å². The van der Waals surface area contributed by atoms with E-state index in [0.29, 0.717) is 6.42 Å². The number of aliphatic hydroxyl groups excluding tert-OH is 1. The molecule has 0 atom stereocenters. The minimum Gasteiger partial charge on any atom is -0.396 e. The summed E-state index contributed by atoms with van der Waals surface area (Å²) in [6.45, 7) is 2.01. The Hall–Kier alpha value is -2.39. The molecular weight excluding hydrogens is 298 g/mol. The average molecular weight is 319 g/mol. The molecule has 1 heterocycles. The van der Waals surface area contributed by atoms with E-state index >= 15 is 0 Å². The maximum atomic E-state index is 9.22. The fourth-order valence-electron chi connectivity index (χ4n) is 3.20. The maximum Gasteiger partial charge on any atom is 0.170 e. The Morgan fingerprint density at radius 2 is 1.54 bits per heavy atom. The zero-order chi connectivity index (χ0) is 16.5. The lowest BCUT2D eigenvalue weighted by Crippen LogP contribution is -1.93. The number of hydrogen-bond acceptors (Lipinski definition) is 3. The highest BCUT2D eigenvalue weighted by molar-refractivity contribution is 5.70. The van der Waals surface area contributed by atoms with Gasteiger partial charge in [0.25, 0.3) is 0 Å². The van der Waals surface area contributed by atoms with Crippen molar-refractivity contribution in [2.24, 2.45) is 0 Å². The second-order valence-corrected chi connectivity index (χ2v) is 6.52. The van der Waals surface area contributed by atoms with Crippen LogP contribution in [0.1, 0.15) is 35.6 Å². The smallest absolute Gasteiger partial charge is 0.170 e. The first kappa shape index (κ1) is 15.2. The molecule has 1 N–H and O–H groups in total. The lowest BCUT2D eigenvalue weighted by atomic mass is 9.99. The van der Waals surface area contributed by atoms with Gasteiger partial charge < -0.3 is 9.63 Å². The van der Waals surface area contributed by atoms with E-state index in [1.807, 2.05) is 6.92 Å². The van der Waals surface area contributed by atoms with Gasteiger partial charge in [-0.25, -0.2) is 0 Å². The molecule has 0 saturated heterocycles. The predicted octanol–water partition coefficient (Wildman–Crippen LogP) is 4.73. The highest BCUT2D eigenvalue weighted by atomic mass is 16.5. The third kappa shape index (κ3) is 2.87. The van der Waals surface area contributed by atoms with E-state index in [4.69, 9.17) is 4.52 Å². The zero-order valence-electron chi connectivity index (χ0n) is 13.8. The largest absolute Gasteiger partial charge is 0.396 e. The third-order valence-electron chi connectivity index (χ3n) is 4.79. The van der Waals surface area contributed by atoms with Crippen LogP contribution < -0.4 is 0 Å². The third-order valence-corrected chi connectivity index (χ3v) is 4.79. The van der Waals surface area contributed by atoms with Crippen LogP contribution in [-0.2, 0) is 6.42 Å². The van der Waals surface area contributed by atoms with Gasteiger partial charge in [-0.05, 0) is 42.4 Å². The molecule has 0 unspecified atom stereocenters. The minimum absolute atomic E-state index is 0.0977. The second kappa shape index (κ2) is 6.25. The van der Waals surface area contributed by atoms with Gasteiger partial charge in [0.15, 0.2) is 5.76 Å². The number of rotatable bonds is 5. The molecule has 0 spiro atoms. The molecule has 0 amide bonds. The summed E-state index contributed by atoms with van der Waals surface area (Å²) < 4.78 is 5.47. The van der Waals surface area contributed by atoms with Crippen molar-refractivity contribution >= 4 is 0 Å². The van der Waals surface area contributed by atoms with E-state index in [1.165, 1.54) is 29.5 Å². The Morgan fingerprint density at radius 3 is 2.12 bits per heavy atom. The van der Waals surface area contributed by atoms with Crippen LogP contribution in [0.15, 0.2) is 53.1 Å². The van der Waals surface area contributed by atoms with Crippen molar-refractivity contribution in [1.82, 2.24) is 5.16 Å². The van der Waals surface area contributed by atoms with Gasteiger partial charge in [-0.1, -0.05) is 53.7 Å². The summed E-state index contributed by atoms with van der Waals surface area (Å²) in [5, 5.41) is 13.3. The van der Waals surface area contributed by atoms with Crippen LogP contribution in [0.4, 0.5) is 0 Å². The standard InChI is InChI=1S/C21H21NO2/c1-14-20(12-13-23)21(24-22-14)19-10-8-18(9-11-19)17-6-4-16(5-7-17)15-2-3-15/h4-11,15,23H,2-3,12-13H2,1H3. The molecular formula is C21H21NO2. The van der Waals surface area contributed by atoms with E-state index in [9.17, 15) is 5.11 Å². The van der Waals surface area contributed by atoms with Crippen LogP contribution in [0.25, 0.3) is 22.5 Å². The van der Waals surface area contributed by atoms with Gasteiger partial charge in [0.1, 0.15) is 0 Å². The summed E-state index contributed by atoms with van der Waals surface area (Å²) in [6.07, 6.45) is 3.23. The molecule has 1 fully saturated rings. The molecule has 3 heteroatoms. The predicted molar refractivity (Wildman–Crippen MR) is 94.9 cm³/mol. The van der Waals surface area contributed by atoms with Crippen LogP contribution in [-0.4, -0.2) is 16.9 Å². The lowest BCUT2D eigenvalue weighted by Gasteiger charge is -2.06. The molecule has 1 saturated carbocycles. The first-order valence-electron chi connectivity index (χ1n) is 8.53. The summed E-state index contributed by atoms with van der Waals surface area (Å²) in [4.78, 5) is 0. The van der Waals surface area contributed by atoms with Gasteiger partial charge in [0, 0.05) is 24.2 Å². The molecule has 0 aliphatic heterocycles. The minimum atomic E-state index is 0.0977. The monoisotopic (exact) mass is 319 g/mol. The van der Waals surface area contributed by atoms with Gasteiger partial charge in [0.2, 0.25) is 0 Å². The Bertz CT molecular complexity index is 827. The lowest BCUT2D eigenvalue weighted by molar-refractivity contribution is 0.299. The highest BCUT2D eigenvalue weighted by Crippen LogP contribution is 2.40. The number of aromatic nitrogens is 1. The molecule has 0 radical (unpaired) electrons. The van der Waals surface area contributed by atoms with Crippen molar-refractivity contribution in [2.45, 2.75) is 32.1 Å². The quantitative estimate of drug-likeness (QED) is 0.739. The molecule has 2 aromatic carbocycles. The fourth-order valence-corrected chi connectivity index (χ4v) is 3.20. The van der Waals surface area contributed by atoms with Gasteiger partial charge >= 0.3 is 0 Å². The number of benzene rings is 2. The Morgan fingerprint density at radius 1 is 0.958 bits per heavy atom. The molecule has 3 nitrogen and oxygen atoms in total. The SMILES string of the molecule is Cc1noc(-c2ccc(-c3ccc(C4CC4)cc3)cc2)c1CCO. The van der Waals surface area contributed by atoms with E-state index in [-0.39, 0.29) is 6.61 Å². The van der Waals surface area contributed by atoms with Crippen LogP contribution in [0.2, 0.25) is 0 Å². The van der Waals surface area contributed by atoms with Crippen LogP contribution >= 0.6 is 0 Å². The van der Waals surface area contributed by atoms with E-state index < -0.39 is 0 Å². The van der Waals surface area contributed by atoms with Gasteiger partial charge in [-0.3, -0.25) is 0 Å². The van der Waals surface area contributed by atoms with Crippen molar-refractivity contribution in [3.63, 3.8) is 0 Å². The molecule has 1 aliphatic rings. The van der Waals surface area contributed by atoms with Gasteiger partial charge in [0.05, 0.1) is 5.69 Å². The average Bonchev–Trinajstić information content (AvgIpc) is 3.41. The molecule has 1 aliphatic carbocycles. The first-order chi connectivity index (χ1) is 11.8. The van der Waals surface area contributed by atoms with E-state index in [2.05, 4.69) is 53.7 Å². The number of nitrogens with zero attached hydrogens (tertiary/aromatic N) is 1. The fraction of sp³-hybridized carbons (Fsp3) is 0.286. The number of aryl methyl sites for hydroxylation is 1. The van der Waals surface area contributed by atoms with Crippen molar-refractivity contribution in [3.05, 3.63) is 65.4 Å². The topological polar surface area (TPSA) is 46.3 Å². The van der Waals surface area contributed by atoms with Crippen molar-refractivity contribution in [1.29, 1.82) is 0 Å². The summed E-state index contributed by atoms with van der Waals surface area (Å²) in [5.41, 5.74) is 6.72. The summed E-state index contributed by atoms with van der Waals surface area (Å²) in [5.74, 6) is 1.55. The highest BCUT2D eigenvalue weighted by Gasteiger charge is 2.23. The Labute approximate surface area is 141 Å².